The molecule has 0 saturated carbocycles. The standard InChI is InChI=1S/C21H28ClF2N3O3/c1-12(2)7-15(8-19(25)27-20(28)13(3)4)21(29)26-10-14-5-6-16(9-17(14)22)30-11-18(23)24/h5-9,12-13,18H,10-11,25H2,1-4H3,(H,26,29)(H,27,28)/b15-7+,19-8+. The van der Waals surface area contributed by atoms with Crippen molar-refractivity contribution < 1.29 is 23.1 Å². The topological polar surface area (TPSA) is 93.5 Å². The van der Waals surface area contributed by atoms with E-state index in [0.717, 1.165) is 0 Å². The molecular formula is C21H28ClF2N3O3. The zero-order valence-electron chi connectivity index (χ0n) is 17.5. The van der Waals surface area contributed by atoms with Gasteiger partial charge in [0.25, 0.3) is 12.3 Å². The van der Waals surface area contributed by atoms with Gasteiger partial charge in [-0.1, -0.05) is 51.4 Å². The van der Waals surface area contributed by atoms with Crippen LogP contribution >= 0.6 is 11.6 Å². The molecule has 0 aromatic heterocycles. The van der Waals surface area contributed by atoms with E-state index in [1.54, 1.807) is 26.0 Å². The first-order valence-corrected chi connectivity index (χ1v) is 9.84. The smallest absolute Gasteiger partial charge is 0.272 e. The molecule has 4 N–H and O–H groups in total. The molecule has 1 aromatic carbocycles. The Morgan fingerprint density at radius 3 is 2.43 bits per heavy atom. The van der Waals surface area contributed by atoms with Crippen molar-refractivity contribution in [3.63, 3.8) is 0 Å². The first-order valence-electron chi connectivity index (χ1n) is 9.47. The summed E-state index contributed by atoms with van der Waals surface area (Å²) in [6.45, 7) is 6.64. The number of halogens is 3. The zero-order chi connectivity index (χ0) is 22.8. The van der Waals surface area contributed by atoms with Crippen molar-refractivity contribution in [2.75, 3.05) is 6.61 Å². The molecule has 6 nitrogen and oxygen atoms in total. The maximum Gasteiger partial charge on any atom is 0.272 e. The predicted molar refractivity (Wildman–Crippen MR) is 113 cm³/mol. The van der Waals surface area contributed by atoms with Gasteiger partial charge in [0.15, 0.2) is 0 Å². The van der Waals surface area contributed by atoms with E-state index >= 15 is 0 Å². The fraction of sp³-hybridized carbons (Fsp3) is 0.429. The van der Waals surface area contributed by atoms with Crippen LogP contribution in [0.4, 0.5) is 8.78 Å². The second kappa shape index (κ2) is 12.2. The molecule has 0 radical (unpaired) electrons. The Hall–Kier alpha value is -2.61. The summed E-state index contributed by atoms with van der Waals surface area (Å²) < 4.78 is 29.4. The number of hydrogen-bond donors (Lipinski definition) is 3. The fourth-order valence-corrected chi connectivity index (χ4v) is 2.47. The minimum absolute atomic E-state index is 0.0606. The summed E-state index contributed by atoms with van der Waals surface area (Å²) in [4.78, 5) is 24.4. The van der Waals surface area contributed by atoms with Crippen LogP contribution in [0.15, 0.2) is 41.7 Å². The van der Waals surface area contributed by atoms with Gasteiger partial charge in [0.05, 0.1) is 0 Å². The van der Waals surface area contributed by atoms with E-state index in [4.69, 9.17) is 22.1 Å². The van der Waals surface area contributed by atoms with Crippen molar-refractivity contribution >= 4 is 23.4 Å². The monoisotopic (exact) mass is 443 g/mol. The summed E-state index contributed by atoms with van der Waals surface area (Å²) in [6, 6.07) is 4.50. The Balaban J connectivity index is 2.84. The van der Waals surface area contributed by atoms with E-state index in [-0.39, 0.29) is 40.9 Å². The summed E-state index contributed by atoms with van der Waals surface area (Å²) >= 11 is 6.15. The van der Waals surface area contributed by atoms with Crippen LogP contribution < -0.4 is 21.1 Å². The Bertz CT molecular complexity index is 809. The van der Waals surface area contributed by atoms with E-state index in [0.29, 0.717) is 11.1 Å². The third-order valence-electron chi connectivity index (χ3n) is 3.72. The Morgan fingerprint density at radius 2 is 1.90 bits per heavy atom. The summed E-state index contributed by atoms with van der Waals surface area (Å²) in [5.41, 5.74) is 6.72. The van der Waals surface area contributed by atoms with Gasteiger partial charge in [0, 0.05) is 23.1 Å². The lowest BCUT2D eigenvalue weighted by Crippen LogP contribution is -2.32. The number of carbonyl (C=O) groups excluding carboxylic acids is 2. The summed E-state index contributed by atoms with van der Waals surface area (Å²) in [7, 11) is 0. The van der Waals surface area contributed by atoms with Crippen LogP contribution in [0.2, 0.25) is 5.02 Å². The van der Waals surface area contributed by atoms with E-state index < -0.39 is 18.9 Å². The van der Waals surface area contributed by atoms with Gasteiger partial charge in [-0.05, 0) is 29.7 Å². The van der Waals surface area contributed by atoms with E-state index in [1.807, 2.05) is 13.8 Å². The molecule has 0 spiro atoms. The molecule has 1 rings (SSSR count). The molecule has 2 amide bonds. The maximum atomic E-state index is 12.6. The van der Waals surface area contributed by atoms with Crippen molar-refractivity contribution in [1.82, 2.24) is 10.6 Å². The highest BCUT2D eigenvalue weighted by atomic mass is 35.5. The van der Waals surface area contributed by atoms with Gasteiger partial charge in [-0.25, -0.2) is 8.78 Å². The fourth-order valence-electron chi connectivity index (χ4n) is 2.24. The lowest BCUT2D eigenvalue weighted by Gasteiger charge is -2.12. The molecule has 0 bridgehead atoms. The van der Waals surface area contributed by atoms with Gasteiger partial charge >= 0.3 is 0 Å². The molecule has 0 fully saturated rings. The van der Waals surface area contributed by atoms with Crippen LogP contribution in [0.25, 0.3) is 0 Å². The molecule has 9 heteroatoms. The molecular weight excluding hydrogens is 416 g/mol. The molecule has 0 heterocycles. The van der Waals surface area contributed by atoms with Crippen molar-refractivity contribution in [3.8, 4) is 5.75 Å². The Kier molecular flexibility index (Phi) is 10.3. The van der Waals surface area contributed by atoms with Crippen molar-refractivity contribution in [2.24, 2.45) is 17.6 Å². The van der Waals surface area contributed by atoms with E-state index in [1.165, 1.54) is 18.2 Å². The minimum atomic E-state index is -2.58. The van der Waals surface area contributed by atoms with Crippen LogP contribution in [-0.2, 0) is 16.1 Å². The highest BCUT2D eigenvalue weighted by Crippen LogP contribution is 2.23. The van der Waals surface area contributed by atoms with Gasteiger partial charge in [0.1, 0.15) is 18.2 Å². The predicted octanol–water partition coefficient (Wildman–Crippen LogP) is 3.75. The average molecular weight is 444 g/mol. The molecule has 0 aliphatic heterocycles. The van der Waals surface area contributed by atoms with Gasteiger partial charge in [-0.15, -0.1) is 0 Å². The summed E-state index contributed by atoms with van der Waals surface area (Å²) in [5.74, 6) is -0.571. The van der Waals surface area contributed by atoms with E-state index in [2.05, 4.69) is 10.6 Å². The molecule has 0 atom stereocenters. The second-order valence-electron chi connectivity index (χ2n) is 7.25. The van der Waals surface area contributed by atoms with Crippen LogP contribution in [0.5, 0.6) is 5.75 Å². The van der Waals surface area contributed by atoms with Gasteiger partial charge in [-0.3, -0.25) is 9.59 Å². The van der Waals surface area contributed by atoms with Gasteiger partial charge < -0.3 is 21.1 Å². The second-order valence-corrected chi connectivity index (χ2v) is 7.65. The molecule has 1 aromatic rings. The summed E-state index contributed by atoms with van der Waals surface area (Å²) in [5, 5.41) is 5.54. The number of alkyl halides is 2. The minimum Gasteiger partial charge on any atom is -0.488 e. The third kappa shape index (κ3) is 9.26. The zero-order valence-corrected chi connectivity index (χ0v) is 18.2. The normalized spacial score (nSPS) is 12.5. The van der Waals surface area contributed by atoms with Crippen molar-refractivity contribution in [1.29, 1.82) is 0 Å². The number of hydrogen-bond acceptors (Lipinski definition) is 4. The number of amides is 2. The van der Waals surface area contributed by atoms with Crippen molar-refractivity contribution in [2.45, 2.75) is 40.7 Å². The lowest BCUT2D eigenvalue weighted by molar-refractivity contribution is -0.123. The number of ether oxygens (including phenoxy) is 1. The quantitative estimate of drug-likeness (QED) is 0.379. The van der Waals surface area contributed by atoms with E-state index in [9.17, 15) is 18.4 Å². The number of nitrogens with one attached hydrogen (secondary N) is 2. The molecule has 0 aliphatic carbocycles. The third-order valence-corrected chi connectivity index (χ3v) is 4.07. The maximum absolute atomic E-state index is 12.6. The van der Waals surface area contributed by atoms with Gasteiger partial charge in [-0.2, -0.15) is 0 Å². The number of benzene rings is 1. The molecule has 0 saturated heterocycles. The molecule has 30 heavy (non-hydrogen) atoms. The highest BCUT2D eigenvalue weighted by Gasteiger charge is 2.13. The summed E-state index contributed by atoms with van der Waals surface area (Å²) in [6.07, 6.45) is 0.533. The molecule has 166 valence electrons. The number of carbonyl (C=O) groups is 2. The lowest BCUT2D eigenvalue weighted by atomic mass is 10.1. The SMILES string of the molecule is CC(C)/C=C(\C=C(/N)NC(=O)C(C)C)C(=O)NCc1ccc(OCC(F)F)cc1Cl. The Morgan fingerprint density at radius 1 is 1.23 bits per heavy atom. The molecule has 0 aliphatic rings. The van der Waals surface area contributed by atoms with Crippen LogP contribution in [0.3, 0.4) is 0 Å². The number of allylic oxidation sites excluding steroid dienone is 1. The molecule has 0 unspecified atom stereocenters. The number of rotatable bonds is 10. The highest BCUT2D eigenvalue weighted by molar-refractivity contribution is 6.31. The first-order chi connectivity index (χ1) is 14.0. The van der Waals surface area contributed by atoms with Crippen LogP contribution in [0, 0.1) is 11.8 Å². The van der Waals surface area contributed by atoms with Gasteiger partial charge in [0.2, 0.25) is 5.91 Å². The van der Waals surface area contributed by atoms with Crippen LogP contribution in [0.1, 0.15) is 33.3 Å². The largest absolute Gasteiger partial charge is 0.488 e. The Labute approximate surface area is 180 Å². The van der Waals surface area contributed by atoms with Crippen LogP contribution in [-0.4, -0.2) is 24.8 Å². The number of nitrogens with two attached hydrogens (primary N) is 1. The van der Waals surface area contributed by atoms with Crippen molar-refractivity contribution in [3.05, 3.63) is 52.3 Å². The average Bonchev–Trinajstić information content (AvgIpc) is 2.64. The first kappa shape index (κ1) is 25.4.